The van der Waals surface area contributed by atoms with Crippen LogP contribution in [0.2, 0.25) is 0 Å². The first-order valence-electron chi connectivity index (χ1n) is 19.3. The van der Waals surface area contributed by atoms with Crippen molar-refractivity contribution in [2.45, 2.75) is 13.8 Å². The van der Waals surface area contributed by atoms with E-state index in [0.717, 1.165) is 77.2 Å². The second-order valence-corrected chi connectivity index (χ2v) is 15.4. The van der Waals surface area contributed by atoms with Crippen molar-refractivity contribution in [3.05, 3.63) is 169 Å². The Morgan fingerprint density at radius 1 is 0.339 bits per heavy atom. The zero-order valence-electron chi connectivity index (χ0n) is 30.7. The number of nitrogens with zero attached hydrogens (tertiary/aromatic N) is 2. The van der Waals surface area contributed by atoms with Crippen LogP contribution in [0.4, 0.5) is 0 Å². The predicted molar refractivity (Wildman–Crippen MR) is 234 cm³/mol. The van der Waals surface area contributed by atoms with Crippen molar-refractivity contribution in [1.82, 2.24) is 9.13 Å². The number of para-hydroxylation sites is 4. The number of hydrogen-bond donors (Lipinski definition) is 0. The molecule has 4 aromatic heterocycles. The number of furan rings is 2. The Hall–Kier alpha value is -7.30. The first-order chi connectivity index (χ1) is 27.6. The fourth-order valence-corrected chi connectivity index (χ4v) is 9.83. The van der Waals surface area contributed by atoms with Crippen LogP contribution in [0.1, 0.15) is 11.1 Å². The van der Waals surface area contributed by atoms with E-state index in [9.17, 15) is 0 Å². The van der Waals surface area contributed by atoms with Gasteiger partial charge in [-0.15, -0.1) is 0 Å². The van der Waals surface area contributed by atoms with E-state index < -0.39 is 0 Å². The highest BCUT2D eigenvalue weighted by Crippen LogP contribution is 2.45. The zero-order valence-corrected chi connectivity index (χ0v) is 30.7. The van der Waals surface area contributed by atoms with Gasteiger partial charge in [0.1, 0.15) is 22.3 Å². The molecule has 4 heterocycles. The maximum atomic E-state index is 6.83. The number of rotatable bonds is 2. The highest BCUT2D eigenvalue weighted by atomic mass is 16.3. The van der Waals surface area contributed by atoms with Gasteiger partial charge in [0, 0.05) is 65.6 Å². The van der Waals surface area contributed by atoms with Gasteiger partial charge in [-0.2, -0.15) is 0 Å². The predicted octanol–water partition coefficient (Wildman–Crippen LogP) is 14.6. The molecule has 0 saturated carbocycles. The lowest BCUT2D eigenvalue weighted by Crippen LogP contribution is -1.93. The minimum Gasteiger partial charge on any atom is -0.456 e. The van der Waals surface area contributed by atoms with Crippen LogP contribution in [-0.2, 0) is 0 Å². The number of aryl methyl sites for hydroxylation is 2. The summed E-state index contributed by atoms with van der Waals surface area (Å²) in [7, 11) is 0. The summed E-state index contributed by atoms with van der Waals surface area (Å²) in [5.74, 6) is 0. The Bertz CT molecular complexity index is 3490. The molecule has 13 rings (SSSR count). The molecule has 0 radical (unpaired) electrons. The Kier molecular flexibility index (Phi) is 5.73. The lowest BCUT2D eigenvalue weighted by atomic mass is 9.97. The Morgan fingerprint density at radius 2 is 0.696 bits per heavy atom. The fourth-order valence-electron chi connectivity index (χ4n) is 9.83. The molecule has 13 aromatic rings. The van der Waals surface area contributed by atoms with Crippen LogP contribution < -0.4 is 0 Å². The average molecular weight is 717 g/mol. The van der Waals surface area contributed by atoms with Crippen molar-refractivity contribution >= 4 is 109 Å². The Morgan fingerprint density at radius 3 is 1.07 bits per heavy atom. The van der Waals surface area contributed by atoms with Crippen molar-refractivity contribution in [3.8, 4) is 11.4 Å². The van der Waals surface area contributed by atoms with E-state index in [-0.39, 0.29) is 0 Å². The van der Waals surface area contributed by atoms with E-state index in [4.69, 9.17) is 8.83 Å². The second kappa shape index (κ2) is 10.7. The Labute approximate surface area is 320 Å². The van der Waals surface area contributed by atoms with Crippen LogP contribution in [0.15, 0.2) is 167 Å². The van der Waals surface area contributed by atoms with Gasteiger partial charge in [-0.3, -0.25) is 0 Å². The molecule has 0 aliphatic rings. The van der Waals surface area contributed by atoms with Crippen LogP contribution in [0, 0.1) is 13.8 Å². The standard InChI is InChI=1S/C52H32N2O2/c1-29-49-41-25-31-19-21-35(53-43-15-7-3-11-37(43)38-12-4-8-16-44(38)53)23-33(31)27-47(41)56-52(49)30(2)50-42-26-32-20-22-36(24-34(32)28-48(42)55-51(29)50)54-45-17-9-5-13-39(45)40-14-6-10-18-46(40)54/h3-28H,1-2H3. The van der Waals surface area contributed by atoms with Crippen molar-refractivity contribution < 1.29 is 8.83 Å². The molecule has 0 aliphatic carbocycles. The zero-order chi connectivity index (χ0) is 36.8. The minimum atomic E-state index is 0.887. The summed E-state index contributed by atoms with van der Waals surface area (Å²) in [6.07, 6.45) is 0. The van der Waals surface area contributed by atoms with Gasteiger partial charge in [-0.1, -0.05) is 84.9 Å². The number of hydrogen-bond acceptors (Lipinski definition) is 2. The van der Waals surface area contributed by atoms with Gasteiger partial charge in [0.15, 0.2) is 0 Å². The van der Waals surface area contributed by atoms with E-state index in [1.54, 1.807) is 0 Å². The van der Waals surface area contributed by atoms with Crippen LogP contribution >= 0.6 is 0 Å². The molecule has 4 heteroatoms. The maximum absolute atomic E-state index is 6.83. The molecule has 0 N–H and O–H groups in total. The van der Waals surface area contributed by atoms with Crippen LogP contribution in [0.25, 0.3) is 120 Å². The molecule has 0 spiro atoms. The summed E-state index contributed by atoms with van der Waals surface area (Å²) in [5.41, 5.74) is 12.9. The fraction of sp³-hybridized carbons (Fsp3) is 0.0385. The van der Waals surface area contributed by atoms with Gasteiger partial charge in [-0.05, 0) is 108 Å². The first kappa shape index (κ1) is 30.1. The normalized spacial score (nSPS) is 12.5. The smallest absolute Gasteiger partial charge is 0.139 e. The highest BCUT2D eigenvalue weighted by Gasteiger charge is 2.22. The quantitative estimate of drug-likeness (QED) is 0.179. The summed E-state index contributed by atoms with van der Waals surface area (Å²) in [6.45, 7) is 4.36. The topological polar surface area (TPSA) is 36.1 Å². The van der Waals surface area contributed by atoms with Gasteiger partial charge >= 0.3 is 0 Å². The Balaban J connectivity index is 0.986. The molecule has 262 valence electrons. The van der Waals surface area contributed by atoms with E-state index in [1.165, 1.54) is 54.4 Å². The molecule has 0 fully saturated rings. The average Bonchev–Trinajstić information content (AvgIpc) is 3.99. The van der Waals surface area contributed by atoms with Gasteiger partial charge in [0.2, 0.25) is 0 Å². The lowest BCUT2D eigenvalue weighted by Gasteiger charge is -2.09. The summed E-state index contributed by atoms with van der Waals surface area (Å²) in [6, 6.07) is 57.2. The largest absolute Gasteiger partial charge is 0.456 e. The SMILES string of the molecule is Cc1c2oc3cc4cc(-n5c6ccccc6c6ccccc65)ccc4cc3c2c(C)c2oc3cc4cc(-n5c6ccccc6c6ccccc65)ccc4cc3c12. The van der Waals surface area contributed by atoms with E-state index in [1.807, 2.05) is 0 Å². The van der Waals surface area contributed by atoms with E-state index in [2.05, 4.69) is 181 Å². The van der Waals surface area contributed by atoms with Crippen LogP contribution in [0.5, 0.6) is 0 Å². The third-order valence-corrected chi connectivity index (χ3v) is 12.4. The number of aromatic nitrogens is 2. The van der Waals surface area contributed by atoms with E-state index >= 15 is 0 Å². The summed E-state index contributed by atoms with van der Waals surface area (Å²) in [5, 5.41) is 14.2. The van der Waals surface area contributed by atoms with Crippen molar-refractivity contribution in [2.24, 2.45) is 0 Å². The van der Waals surface area contributed by atoms with Crippen LogP contribution in [-0.4, -0.2) is 9.13 Å². The molecular formula is C52H32N2O2. The van der Waals surface area contributed by atoms with Gasteiger partial charge in [0.25, 0.3) is 0 Å². The molecule has 56 heavy (non-hydrogen) atoms. The molecule has 0 atom stereocenters. The maximum Gasteiger partial charge on any atom is 0.139 e. The van der Waals surface area contributed by atoms with Crippen molar-refractivity contribution in [1.29, 1.82) is 0 Å². The lowest BCUT2D eigenvalue weighted by molar-refractivity contribution is 0.660. The molecular weight excluding hydrogens is 685 g/mol. The monoisotopic (exact) mass is 716 g/mol. The molecule has 4 nitrogen and oxygen atoms in total. The van der Waals surface area contributed by atoms with Gasteiger partial charge < -0.3 is 18.0 Å². The van der Waals surface area contributed by atoms with E-state index in [0.29, 0.717) is 0 Å². The minimum absolute atomic E-state index is 0.887. The molecule has 0 aliphatic heterocycles. The van der Waals surface area contributed by atoms with Crippen molar-refractivity contribution in [3.63, 3.8) is 0 Å². The van der Waals surface area contributed by atoms with Gasteiger partial charge in [0.05, 0.1) is 22.1 Å². The molecule has 0 amide bonds. The number of benzene rings is 9. The van der Waals surface area contributed by atoms with Crippen LogP contribution in [0.3, 0.4) is 0 Å². The molecule has 0 saturated heterocycles. The molecule has 0 unspecified atom stereocenters. The third kappa shape index (κ3) is 3.87. The second-order valence-electron chi connectivity index (χ2n) is 15.4. The summed E-state index contributed by atoms with van der Waals surface area (Å²) in [4.78, 5) is 0. The van der Waals surface area contributed by atoms with Gasteiger partial charge in [-0.25, -0.2) is 0 Å². The third-order valence-electron chi connectivity index (χ3n) is 12.4. The van der Waals surface area contributed by atoms with Crippen molar-refractivity contribution in [2.75, 3.05) is 0 Å². The molecule has 0 bridgehead atoms. The summed E-state index contributed by atoms with van der Waals surface area (Å²) < 4.78 is 18.4. The first-order valence-corrected chi connectivity index (χ1v) is 19.3. The summed E-state index contributed by atoms with van der Waals surface area (Å²) >= 11 is 0. The highest BCUT2D eigenvalue weighted by molar-refractivity contribution is 6.22. The number of fused-ring (bicyclic) bond motifs is 14. The molecule has 9 aromatic carbocycles.